The van der Waals surface area contributed by atoms with Gasteiger partial charge in [0.1, 0.15) is 5.76 Å². The predicted molar refractivity (Wildman–Crippen MR) is 58.4 cm³/mol. The Balaban J connectivity index is 2.45. The third-order valence-electron chi connectivity index (χ3n) is 1.41. The molecule has 1 rings (SSSR count). The highest BCUT2D eigenvalue weighted by molar-refractivity contribution is 14.1. The minimum absolute atomic E-state index is 0.000694. The van der Waals surface area contributed by atoms with Crippen LogP contribution >= 0.6 is 22.6 Å². The molecule has 0 unspecified atom stereocenters. The van der Waals surface area contributed by atoms with E-state index in [9.17, 15) is 4.79 Å². The summed E-state index contributed by atoms with van der Waals surface area (Å²) in [7, 11) is 0. The lowest BCUT2D eigenvalue weighted by Gasteiger charge is -2.06. The SMILES string of the molecule is CC(C)NC(=O)Cc1ccc(I)o1. The highest BCUT2D eigenvalue weighted by Gasteiger charge is 2.07. The molecule has 0 radical (unpaired) electrons. The third-order valence-corrected chi connectivity index (χ3v) is 1.99. The molecule has 72 valence electrons. The normalized spacial score (nSPS) is 10.5. The molecule has 0 fully saturated rings. The van der Waals surface area contributed by atoms with Crippen molar-refractivity contribution in [2.45, 2.75) is 26.3 Å². The third kappa shape index (κ3) is 3.80. The van der Waals surface area contributed by atoms with Gasteiger partial charge in [0.25, 0.3) is 0 Å². The van der Waals surface area contributed by atoms with Crippen LogP contribution in [0.3, 0.4) is 0 Å². The first-order valence-electron chi connectivity index (χ1n) is 4.11. The van der Waals surface area contributed by atoms with Crippen molar-refractivity contribution in [3.05, 3.63) is 21.7 Å². The van der Waals surface area contributed by atoms with Crippen molar-refractivity contribution in [3.63, 3.8) is 0 Å². The van der Waals surface area contributed by atoms with E-state index in [0.717, 1.165) is 3.77 Å². The molecule has 0 aliphatic carbocycles. The van der Waals surface area contributed by atoms with Crippen LogP contribution in [0.4, 0.5) is 0 Å². The van der Waals surface area contributed by atoms with Crippen LogP contribution in [0.15, 0.2) is 16.5 Å². The Hall–Kier alpha value is -0.520. The Labute approximate surface area is 91.0 Å². The van der Waals surface area contributed by atoms with Gasteiger partial charge in [-0.15, -0.1) is 0 Å². The molecule has 4 heteroatoms. The van der Waals surface area contributed by atoms with Crippen LogP contribution in [0.2, 0.25) is 0 Å². The molecule has 0 atom stereocenters. The van der Waals surface area contributed by atoms with Crippen LogP contribution in [-0.2, 0) is 11.2 Å². The molecule has 0 bridgehead atoms. The zero-order chi connectivity index (χ0) is 9.84. The fourth-order valence-electron chi connectivity index (χ4n) is 0.978. The molecule has 3 nitrogen and oxygen atoms in total. The predicted octanol–water partition coefficient (Wildman–Crippen LogP) is 1.95. The maximum atomic E-state index is 11.3. The van der Waals surface area contributed by atoms with Gasteiger partial charge >= 0.3 is 0 Å². The molecule has 0 aliphatic rings. The molecule has 1 heterocycles. The first-order valence-corrected chi connectivity index (χ1v) is 5.19. The number of rotatable bonds is 3. The largest absolute Gasteiger partial charge is 0.455 e. The molecule has 0 saturated heterocycles. The second kappa shape index (κ2) is 4.64. The van der Waals surface area contributed by atoms with Gasteiger partial charge in [0, 0.05) is 6.04 Å². The summed E-state index contributed by atoms with van der Waals surface area (Å²) in [6.07, 6.45) is 0.321. The van der Waals surface area contributed by atoms with Gasteiger partial charge in [0.05, 0.1) is 6.42 Å². The first kappa shape index (κ1) is 10.6. The van der Waals surface area contributed by atoms with Crippen molar-refractivity contribution in [3.8, 4) is 0 Å². The van der Waals surface area contributed by atoms with Crippen LogP contribution < -0.4 is 5.32 Å². The number of nitrogens with one attached hydrogen (secondary N) is 1. The first-order chi connectivity index (χ1) is 6.08. The zero-order valence-corrected chi connectivity index (χ0v) is 9.79. The van der Waals surface area contributed by atoms with Gasteiger partial charge in [-0.3, -0.25) is 4.79 Å². The zero-order valence-electron chi connectivity index (χ0n) is 7.63. The van der Waals surface area contributed by atoms with Gasteiger partial charge in [-0.1, -0.05) is 0 Å². The Bertz CT molecular complexity index is 294. The van der Waals surface area contributed by atoms with Crippen molar-refractivity contribution < 1.29 is 9.21 Å². The molecular weight excluding hydrogens is 281 g/mol. The number of hydrogen-bond donors (Lipinski definition) is 1. The Kier molecular flexibility index (Phi) is 3.77. The molecule has 1 N–H and O–H groups in total. The number of furan rings is 1. The molecule has 0 spiro atoms. The van der Waals surface area contributed by atoms with Gasteiger partial charge in [0.15, 0.2) is 3.77 Å². The van der Waals surface area contributed by atoms with Crippen LogP contribution in [0.5, 0.6) is 0 Å². The summed E-state index contributed by atoms with van der Waals surface area (Å²) in [6.45, 7) is 3.87. The molecule has 1 aromatic heterocycles. The monoisotopic (exact) mass is 293 g/mol. The molecular formula is C9H12INO2. The molecule has 13 heavy (non-hydrogen) atoms. The van der Waals surface area contributed by atoms with E-state index < -0.39 is 0 Å². The summed E-state index contributed by atoms with van der Waals surface area (Å²) >= 11 is 2.07. The fraction of sp³-hybridized carbons (Fsp3) is 0.444. The van der Waals surface area contributed by atoms with Crippen LogP contribution in [0.1, 0.15) is 19.6 Å². The van der Waals surface area contributed by atoms with E-state index in [-0.39, 0.29) is 11.9 Å². The lowest BCUT2D eigenvalue weighted by atomic mass is 10.3. The minimum Gasteiger partial charge on any atom is -0.455 e. The quantitative estimate of drug-likeness (QED) is 0.866. The summed E-state index contributed by atoms with van der Waals surface area (Å²) in [5.41, 5.74) is 0. The highest BCUT2D eigenvalue weighted by Crippen LogP contribution is 2.10. The second-order valence-electron chi connectivity index (χ2n) is 3.10. The van der Waals surface area contributed by atoms with Gasteiger partial charge < -0.3 is 9.73 Å². The number of amides is 1. The maximum Gasteiger partial charge on any atom is 0.227 e. The molecule has 1 amide bonds. The van der Waals surface area contributed by atoms with E-state index >= 15 is 0 Å². The smallest absolute Gasteiger partial charge is 0.227 e. The number of halogens is 1. The summed E-state index contributed by atoms with van der Waals surface area (Å²) in [5, 5.41) is 2.80. The summed E-state index contributed by atoms with van der Waals surface area (Å²) in [4.78, 5) is 11.3. The van der Waals surface area contributed by atoms with E-state index in [1.807, 2.05) is 26.0 Å². The van der Waals surface area contributed by atoms with Gasteiger partial charge in [0.2, 0.25) is 5.91 Å². The molecule has 0 aromatic carbocycles. The van der Waals surface area contributed by atoms with Crippen molar-refractivity contribution in [2.75, 3.05) is 0 Å². The number of carbonyl (C=O) groups is 1. The number of carbonyl (C=O) groups excluding carboxylic acids is 1. The summed E-state index contributed by atoms with van der Waals surface area (Å²) in [6, 6.07) is 3.85. The standard InChI is InChI=1S/C9H12INO2/c1-6(2)11-9(12)5-7-3-4-8(10)13-7/h3-4,6H,5H2,1-2H3,(H,11,12). The minimum atomic E-state index is 0.000694. The average Bonchev–Trinajstić information content (AvgIpc) is 2.33. The van der Waals surface area contributed by atoms with Gasteiger partial charge in [-0.25, -0.2) is 0 Å². The van der Waals surface area contributed by atoms with Crippen molar-refractivity contribution in [1.82, 2.24) is 5.32 Å². The number of hydrogen-bond acceptors (Lipinski definition) is 2. The Morgan fingerprint density at radius 3 is 2.77 bits per heavy atom. The van der Waals surface area contributed by atoms with Gasteiger partial charge in [-0.2, -0.15) is 0 Å². The van der Waals surface area contributed by atoms with E-state index in [1.165, 1.54) is 0 Å². The molecule has 1 aromatic rings. The Morgan fingerprint density at radius 1 is 1.62 bits per heavy atom. The van der Waals surface area contributed by atoms with Crippen LogP contribution in [0.25, 0.3) is 0 Å². The van der Waals surface area contributed by atoms with Crippen molar-refractivity contribution in [2.24, 2.45) is 0 Å². The van der Waals surface area contributed by atoms with Crippen molar-refractivity contribution >= 4 is 28.5 Å². The fourth-order valence-corrected chi connectivity index (χ4v) is 1.44. The lowest BCUT2D eigenvalue weighted by Crippen LogP contribution is -2.31. The molecule has 0 aliphatic heterocycles. The maximum absolute atomic E-state index is 11.3. The average molecular weight is 293 g/mol. The summed E-state index contributed by atoms with van der Waals surface area (Å²) < 4.78 is 6.07. The van der Waals surface area contributed by atoms with Gasteiger partial charge in [-0.05, 0) is 48.6 Å². The summed E-state index contributed by atoms with van der Waals surface area (Å²) in [5.74, 6) is 0.711. The van der Waals surface area contributed by atoms with E-state index in [1.54, 1.807) is 0 Å². The molecule has 0 saturated carbocycles. The van der Waals surface area contributed by atoms with Crippen LogP contribution in [0, 0.1) is 3.77 Å². The lowest BCUT2D eigenvalue weighted by molar-refractivity contribution is -0.121. The van der Waals surface area contributed by atoms with Crippen LogP contribution in [-0.4, -0.2) is 11.9 Å². The second-order valence-corrected chi connectivity index (χ2v) is 4.17. The van der Waals surface area contributed by atoms with E-state index in [0.29, 0.717) is 12.2 Å². The van der Waals surface area contributed by atoms with Crippen molar-refractivity contribution in [1.29, 1.82) is 0 Å². The topological polar surface area (TPSA) is 42.2 Å². The van der Waals surface area contributed by atoms with E-state index in [2.05, 4.69) is 27.9 Å². The van der Waals surface area contributed by atoms with E-state index in [4.69, 9.17) is 4.42 Å². The Morgan fingerprint density at radius 2 is 2.31 bits per heavy atom. The highest BCUT2D eigenvalue weighted by atomic mass is 127.